The Morgan fingerprint density at radius 1 is 1.29 bits per heavy atom. The minimum Gasteiger partial charge on any atom is -0.329 e. The quantitative estimate of drug-likeness (QED) is 0.549. The van der Waals surface area contributed by atoms with E-state index >= 15 is 0 Å². The maximum atomic E-state index is 5.70. The first-order valence-electron chi connectivity index (χ1n) is 6.71. The highest BCUT2D eigenvalue weighted by Crippen LogP contribution is 2.15. The molecule has 2 aromatic heterocycles. The molecule has 2 heterocycles. The van der Waals surface area contributed by atoms with Gasteiger partial charge in [0.25, 0.3) is 0 Å². The standard InChI is InChI=1S/C15H16BrN5/c16-12-5-11(7-18-8-12)6-13(20-17)9-21-10-19-14-3-1-2-4-15(14)21/h1-5,7-8,10,13,20H,6,9,17H2. The predicted molar refractivity (Wildman–Crippen MR) is 86.5 cm³/mol. The minimum absolute atomic E-state index is 0.110. The van der Waals surface area contributed by atoms with Crippen LogP contribution in [-0.4, -0.2) is 20.6 Å². The molecular formula is C15H16BrN5. The molecule has 0 saturated carbocycles. The van der Waals surface area contributed by atoms with Crippen molar-refractivity contribution < 1.29 is 0 Å². The van der Waals surface area contributed by atoms with E-state index in [-0.39, 0.29) is 6.04 Å². The van der Waals surface area contributed by atoms with Crippen LogP contribution in [0, 0.1) is 0 Å². The van der Waals surface area contributed by atoms with E-state index < -0.39 is 0 Å². The van der Waals surface area contributed by atoms with E-state index in [9.17, 15) is 0 Å². The van der Waals surface area contributed by atoms with Crippen molar-refractivity contribution in [1.29, 1.82) is 0 Å². The van der Waals surface area contributed by atoms with Crippen LogP contribution in [-0.2, 0) is 13.0 Å². The van der Waals surface area contributed by atoms with E-state index in [4.69, 9.17) is 5.84 Å². The van der Waals surface area contributed by atoms with Crippen LogP contribution in [0.1, 0.15) is 5.56 Å². The highest BCUT2D eigenvalue weighted by atomic mass is 79.9. The summed E-state index contributed by atoms with van der Waals surface area (Å²) in [4.78, 5) is 8.59. The van der Waals surface area contributed by atoms with Gasteiger partial charge in [-0.05, 0) is 46.1 Å². The zero-order chi connectivity index (χ0) is 14.7. The Morgan fingerprint density at radius 3 is 2.95 bits per heavy atom. The van der Waals surface area contributed by atoms with E-state index in [0.717, 1.165) is 34.0 Å². The van der Waals surface area contributed by atoms with Crippen molar-refractivity contribution in [3.63, 3.8) is 0 Å². The molecule has 21 heavy (non-hydrogen) atoms. The number of rotatable bonds is 5. The van der Waals surface area contributed by atoms with Crippen LogP contribution >= 0.6 is 15.9 Å². The van der Waals surface area contributed by atoms with Crippen LogP contribution in [0.15, 0.2) is 53.5 Å². The summed E-state index contributed by atoms with van der Waals surface area (Å²) in [6.45, 7) is 0.753. The highest BCUT2D eigenvalue weighted by molar-refractivity contribution is 9.10. The van der Waals surface area contributed by atoms with Crippen LogP contribution in [0.2, 0.25) is 0 Å². The molecule has 0 aliphatic rings. The number of nitrogens with zero attached hydrogens (tertiary/aromatic N) is 3. The molecule has 0 aliphatic carbocycles. The summed E-state index contributed by atoms with van der Waals surface area (Å²) < 4.78 is 3.09. The number of halogens is 1. The third-order valence-corrected chi connectivity index (χ3v) is 3.86. The summed E-state index contributed by atoms with van der Waals surface area (Å²) in [5, 5.41) is 0. The van der Waals surface area contributed by atoms with Gasteiger partial charge in [-0.25, -0.2) is 4.98 Å². The molecule has 1 aromatic carbocycles. The lowest BCUT2D eigenvalue weighted by atomic mass is 10.1. The number of nitrogens with two attached hydrogens (primary N) is 1. The number of hydrogen-bond donors (Lipinski definition) is 2. The van der Waals surface area contributed by atoms with Gasteiger partial charge < -0.3 is 4.57 Å². The van der Waals surface area contributed by atoms with Gasteiger partial charge in [0.15, 0.2) is 0 Å². The fourth-order valence-corrected chi connectivity index (χ4v) is 2.83. The molecule has 0 radical (unpaired) electrons. The Balaban J connectivity index is 1.78. The zero-order valence-electron chi connectivity index (χ0n) is 11.4. The first kappa shape index (κ1) is 14.2. The van der Waals surface area contributed by atoms with Gasteiger partial charge in [0.05, 0.1) is 17.4 Å². The monoisotopic (exact) mass is 345 g/mol. The van der Waals surface area contributed by atoms with Gasteiger partial charge >= 0.3 is 0 Å². The molecule has 6 heteroatoms. The van der Waals surface area contributed by atoms with Crippen molar-refractivity contribution in [2.24, 2.45) is 5.84 Å². The molecule has 1 atom stereocenters. The van der Waals surface area contributed by atoms with Gasteiger partial charge in [-0.2, -0.15) is 0 Å². The normalized spacial score (nSPS) is 12.7. The van der Waals surface area contributed by atoms with Gasteiger partial charge in [0.1, 0.15) is 0 Å². The predicted octanol–water partition coefficient (Wildman–Crippen LogP) is 2.27. The second-order valence-electron chi connectivity index (χ2n) is 4.96. The Morgan fingerprint density at radius 2 is 2.14 bits per heavy atom. The molecule has 0 fully saturated rings. The lowest BCUT2D eigenvalue weighted by molar-refractivity contribution is 0.460. The third-order valence-electron chi connectivity index (χ3n) is 3.42. The van der Waals surface area contributed by atoms with Gasteiger partial charge in [-0.15, -0.1) is 0 Å². The molecule has 3 rings (SSSR count). The number of aromatic nitrogens is 3. The van der Waals surface area contributed by atoms with Crippen molar-refractivity contribution in [3.8, 4) is 0 Å². The first-order chi connectivity index (χ1) is 10.3. The van der Waals surface area contributed by atoms with Gasteiger partial charge in [0, 0.05) is 29.5 Å². The SMILES string of the molecule is NNC(Cc1cncc(Br)c1)Cn1cnc2ccccc21. The Kier molecular flexibility index (Phi) is 4.28. The number of nitrogens with one attached hydrogen (secondary N) is 1. The fraction of sp³-hybridized carbons (Fsp3) is 0.200. The van der Waals surface area contributed by atoms with Crippen LogP contribution in [0.25, 0.3) is 11.0 Å². The van der Waals surface area contributed by atoms with Crippen LogP contribution in [0.3, 0.4) is 0 Å². The number of imidazole rings is 1. The third kappa shape index (κ3) is 3.29. The van der Waals surface area contributed by atoms with Crippen molar-refractivity contribution in [3.05, 3.63) is 59.1 Å². The summed E-state index contributed by atoms with van der Waals surface area (Å²) in [7, 11) is 0. The molecule has 108 valence electrons. The van der Waals surface area contributed by atoms with Gasteiger partial charge in [-0.3, -0.25) is 16.3 Å². The fourth-order valence-electron chi connectivity index (χ4n) is 2.42. The van der Waals surface area contributed by atoms with Crippen LogP contribution < -0.4 is 11.3 Å². The van der Waals surface area contributed by atoms with E-state index in [1.54, 1.807) is 6.20 Å². The van der Waals surface area contributed by atoms with Crippen LogP contribution in [0.5, 0.6) is 0 Å². The van der Waals surface area contributed by atoms with Crippen molar-refractivity contribution in [1.82, 2.24) is 20.0 Å². The first-order valence-corrected chi connectivity index (χ1v) is 7.51. The van der Waals surface area contributed by atoms with E-state index in [0.29, 0.717) is 0 Å². The topological polar surface area (TPSA) is 68.8 Å². The molecule has 0 amide bonds. The van der Waals surface area contributed by atoms with E-state index in [1.807, 2.05) is 30.7 Å². The minimum atomic E-state index is 0.110. The molecule has 3 aromatic rings. The maximum Gasteiger partial charge on any atom is 0.0958 e. The molecule has 1 unspecified atom stereocenters. The van der Waals surface area contributed by atoms with Crippen molar-refractivity contribution >= 4 is 27.0 Å². The highest BCUT2D eigenvalue weighted by Gasteiger charge is 2.11. The molecule has 0 spiro atoms. The number of hydrazine groups is 1. The molecule has 5 nitrogen and oxygen atoms in total. The zero-order valence-corrected chi connectivity index (χ0v) is 13.0. The van der Waals surface area contributed by atoms with E-state index in [2.05, 4.69) is 48.0 Å². The number of para-hydroxylation sites is 2. The summed E-state index contributed by atoms with van der Waals surface area (Å²) in [6, 6.07) is 10.3. The second-order valence-corrected chi connectivity index (χ2v) is 5.88. The number of hydrogen-bond acceptors (Lipinski definition) is 4. The summed E-state index contributed by atoms with van der Waals surface area (Å²) >= 11 is 3.44. The Labute approximate surface area is 131 Å². The molecule has 0 bridgehead atoms. The summed E-state index contributed by atoms with van der Waals surface area (Å²) in [6.07, 6.45) is 6.29. The molecule has 3 N–H and O–H groups in total. The smallest absolute Gasteiger partial charge is 0.0958 e. The maximum absolute atomic E-state index is 5.70. The molecular weight excluding hydrogens is 330 g/mol. The van der Waals surface area contributed by atoms with Gasteiger partial charge in [-0.1, -0.05) is 12.1 Å². The Bertz CT molecular complexity index is 740. The van der Waals surface area contributed by atoms with Crippen LogP contribution in [0.4, 0.5) is 0 Å². The summed E-state index contributed by atoms with van der Waals surface area (Å²) in [5.41, 5.74) is 6.13. The Hall–Kier alpha value is -1.76. The van der Waals surface area contributed by atoms with Crippen molar-refractivity contribution in [2.45, 2.75) is 19.0 Å². The average molecular weight is 346 g/mol. The van der Waals surface area contributed by atoms with Gasteiger partial charge in [0.2, 0.25) is 0 Å². The lowest BCUT2D eigenvalue weighted by Crippen LogP contribution is -2.39. The summed E-state index contributed by atoms with van der Waals surface area (Å²) in [5.74, 6) is 5.70. The second kappa shape index (κ2) is 6.34. The molecule has 0 aliphatic heterocycles. The molecule has 0 saturated heterocycles. The number of pyridine rings is 1. The number of fused-ring (bicyclic) bond motifs is 1. The number of benzene rings is 1. The largest absolute Gasteiger partial charge is 0.329 e. The van der Waals surface area contributed by atoms with Crippen molar-refractivity contribution in [2.75, 3.05) is 0 Å². The average Bonchev–Trinajstić information content (AvgIpc) is 2.90. The lowest BCUT2D eigenvalue weighted by Gasteiger charge is -2.17. The van der Waals surface area contributed by atoms with E-state index in [1.165, 1.54) is 0 Å².